The highest BCUT2D eigenvalue weighted by Gasteiger charge is 2.35. The minimum Gasteiger partial charge on any atom is -0.386 e. The van der Waals surface area contributed by atoms with E-state index >= 15 is 0 Å². The summed E-state index contributed by atoms with van der Waals surface area (Å²) < 4.78 is 0. The van der Waals surface area contributed by atoms with Gasteiger partial charge in [0.2, 0.25) is 11.7 Å². The van der Waals surface area contributed by atoms with E-state index < -0.39 is 17.7 Å². The molecular formula is C32H60N4O4. The first-order chi connectivity index (χ1) is 18.7. The third kappa shape index (κ3) is 16.0. The Morgan fingerprint density at radius 3 is 1.85 bits per heavy atom. The highest BCUT2D eigenvalue weighted by atomic mass is 16.2. The topological polar surface area (TPSA) is 130 Å². The highest BCUT2D eigenvalue weighted by molar-refractivity contribution is 6.38. The summed E-state index contributed by atoms with van der Waals surface area (Å²) >= 11 is 0. The zero-order valence-electron chi connectivity index (χ0n) is 26.8. The van der Waals surface area contributed by atoms with Crippen LogP contribution in [0.25, 0.3) is 0 Å². The lowest BCUT2D eigenvalue weighted by Crippen LogP contribution is -2.50. The summed E-state index contributed by atoms with van der Waals surface area (Å²) in [7, 11) is 0. The van der Waals surface area contributed by atoms with Crippen LogP contribution in [-0.4, -0.2) is 41.5 Å². The molecule has 2 aliphatic rings. The molecule has 2 saturated carbocycles. The monoisotopic (exact) mass is 564 g/mol. The lowest BCUT2D eigenvalue weighted by atomic mass is 9.80. The van der Waals surface area contributed by atoms with Crippen LogP contribution in [0.5, 0.6) is 0 Å². The lowest BCUT2D eigenvalue weighted by Gasteiger charge is -2.30. The summed E-state index contributed by atoms with van der Waals surface area (Å²) in [6, 6.07) is -0.749. The van der Waals surface area contributed by atoms with Crippen molar-refractivity contribution < 1.29 is 19.2 Å². The number of Topliss-reactive ketones (excluding diaryl/α,β-unsaturated/α-hetero) is 2. The van der Waals surface area contributed by atoms with Crippen LogP contribution in [0.3, 0.4) is 0 Å². The average Bonchev–Trinajstić information content (AvgIpc) is 3.65. The van der Waals surface area contributed by atoms with Gasteiger partial charge < -0.3 is 21.7 Å². The van der Waals surface area contributed by atoms with Crippen molar-refractivity contribution in [3.63, 3.8) is 0 Å². The SMILES string of the molecule is C=C(N)NC(C(C)=O)C(C)(C)C.CCC.CCCCC(CCC)C(=O)NC(CC1CCC1)C(=O)C(=O)NC1CC1. The van der Waals surface area contributed by atoms with Crippen molar-refractivity contribution in [2.75, 3.05) is 0 Å². The second-order valence-electron chi connectivity index (χ2n) is 12.6. The summed E-state index contributed by atoms with van der Waals surface area (Å²) in [5.74, 6) is -0.201. The van der Waals surface area contributed by atoms with Crippen molar-refractivity contribution >= 4 is 23.4 Å². The van der Waals surface area contributed by atoms with Gasteiger partial charge in [-0.15, -0.1) is 0 Å². The smallest absolute Gasteiger partial charge is 0.289 e. The predicted octanol–water partition coefficient (Wildman–Crippen LogP) is 5.54. The van der Waals surface area contributed by atoms with Crippen molar-refractivity contribution in [3.05, 3.63) is 12.4 Å². The van der Waals surface area contributed by atoms with Crippen LogP contribution >= 0.6 is 0 Å². The number of nitrogens with two attached hydrogens (primary N) is 1. The van der Waals surface area contributed by atoms with E-state index in [1.165, 1.54) is 12.8 Å². The first-order valence-corrected chi connectivity index (χ1v) is 15.6. The summed E-state index contributed by atoms with van der Waals surface area (Å²) in [5.41, 5.74) is 5.24. The normalized spacial score (nSPS) is 16.8. The van der Waals surface area contributed by atoms with Gasteiger partial charge in [-0.25, -0.2) is 0 Å². The Labute approximate surface area is 244 Å². The molecule has 8 nitrogen and oxygen atoms in total. The molecule has 232 valence electrons. The zero-order chi connectivity index (χ0) is 30.9. The molecule has 3 atom stereocenters. The maximum absolute atomic E-state index is 12.7. The van der Waals surface area contributed by atoms with E-state index in [1.54, 1.807) is 6.92 Å². The molecule has 0 aliphatic heterocycles. The van der Waals surface area contributed by atoms with Gasteiger partial charge in [-0.2, -0.15) is 0 Å². The number of hydrogen-bond donors (Lipinski definition) is 4. The molecule has 3 unspecified atom stereocenters. The molecule has 0 aromatic rings. The maximum Gasteiger partial charge on any atom is 0.289 e. The molecular weight excluding hydrogens is 504 g/mol. The number of ketones is 2. The Morgan fingerprint density at radius 2 is 1.50 bits per heavy atom. The molecule has 2 aliphatic carbocycles. The van der Waals surface area contributed by atoms with Crippen LogP contribution in [-0.2, 0) is 19.2 Å². The molecule has 2 amide bonds. The number of hydrogen-bond acceptors (Lipinski definition) is 6. The van der Waals surface area contributed by atoms with Crippen LogP contribution in [0.4, 0.5) is 0 Å². The molecule has 0 heterocycles. The average molecular weight is 565 g/mol. The van der Waals surface area contributed by atoms with Gasteiger partial charge in [0, 0.05) is 12.0 Å². The standard InChI is InChI=1S/C20H34N2O3.C9H18N2O.C3H8/c1-3-5-10-15(7-4-2)19(24)22-17(13-14-8-6-9-14)18(23)20(25)21-16-11-12-16;1-6(12)8(9(3,4)5)11-7(2)10;1-3-2/h14-17H,3-13H2,1-2H3,(H,21,25)(H,22,24);8,11H,2,10H2,1,3-5H3;3H2,1-2H3. The quantitative estimate of drug-likeness (QED) is 0.193. The van der Waals surface area contributed by atoms with E-state index in [4.69, 9.17) is 5.73 Å². The van der Waals surface area contributed by atoms with Gasteiger partial charge in [-0.1, -0.05) is 100.0 Å². The minimum absolute atomic E-state index is 0.0480. The molecule has 0 bridgehead atoms. The molecule has 0 aromatic carbocycles. The number of carbonyl (C=O) groups excluding carboxylic acids is 4. The number of carbonyl (C=O) groups is 4. The number of unbranched alkanes of at least 4 members (excludes halogenated alkanes) is 1. The van der Waals surface area contributed by atoms with Crippen molar-refractivity contribution in [2.45, 2.75) is 151 Å². The van der Waals surface area contributed by atoms with Crippen LogP contribution in [0.2, 0.25) is 0 Å². The third-order valence-electron chi connectivity index (χ3n) is 7.08. The van der Waals surface area contributed by atoms with Gasteiger partial charge in [-0.3, -0.25) is 19.2 Å². The van der Waals surface area contributed by atoms with E-state index in [0.717, 1.165) is 57.8 Å². The third-order valence-corrected chi connectivity index (χ3v) is 7.08. The van der Waals surface area contributed by atoms with Gasteiger partial charge >= 0.3 is 0 Å². The maximum atomic E-state index is 12.7. The number of amides is 2. The molecule has 8 heteroatoms. The van der Waals surface area contributed by atoms with Gasteiger partial charge in [-0.05, 0) is 50.4 Å². The Balaban J connectivity index is 0.000000850. The first-order valence-electron chi connectivity index (χ1n) is 15.6. The second kappa shape index (κ2) is 19.7. The molecule has 0 saturated heterocycles. The van der Waals surface area contributed by atoms with Crippen molar-refractivity contribution in [2.24, 2.45) is 23.0 Å². The van der Waals surface area contributed by atoms with Crippen LogP contribution < -0.4 is 21.7 Å². The summed E-state index contributed by atoms with van der Waals surface area (Å²) in [5, 5.41) is 8.55. The lowest BCUT2D eigenvalue weighted by molar-refractivity contribution is -0.141. The van der Waals surface area contributed by atoms with E-state index in [1.807, 2.05) is 20.8 Å². The molecule has 0 spiro atoms. The predicted molar refractivity (Wildman–Crippen MR) is 164 cm³/mol. The molecule has 40 heavy (non-hydrogen) atoms. The van der Waals surface area contributed by atoms with Crippen LogP contribution in [0, 0.1) is 17.3 Å². The molecule has 2 rings (SSSR count). The largest absolute Gasteiger partial charge is 0.386 e. The summed E-state index contributed by atoms with van der Waals surface area (Å²) in [6.45, 7) is 19.4. The van der Waals surface area contributed by atoms with Crippen molar-refractivity contribution in [3.8, 4) is 0 Å². The molecule has 5 N–H and O–H groups in total. The Bertz CT molecular complexity index is 797. The fraction of sp³-hybridized carbons (Fsp3) is 0.812. The minimum atomic E-state index is -0.655. The van der Waals surface area contributed by atoms with Crippen LogP contribution in [0.15, 0.2) is 12.4 Å². The molecule has 2 fully saturated rings. The van der Waals surface area contributed by atoms with Gasteiger partial charge in [0.1, 0.15) is 0 Å². The van der Waals surface area contributed by atoms with E-state index in [9.17, 15) is 19.2 Å². The van der Waals surface area contributed by atoms with E-state index in [2.05, 4.69) is 50.2 Å². The number of rotatable bonds is 15. The Kier molecular flexibility index (Phi) is 18.5. The van der Waals surface area contributed by atoms with Gasteiger partial charge in [0.15, 0.2) is 5.78 Å². The highest BCUT2D eigenvalue weighted by Crippen LogP contribution is 2.31. The fourth-order valence-electron chi connectivity index (χ4n) is 4.54. The van der Waals surface area contributed by atoms with E-state index in [0.29, 0.717) is 18.2 Å². The fourth-order valence-corrected chi connectivity index (χ4v) is 4.54. The van der Waals surface area contributed by atoms with Crippen LogP contribution in [0.1, 0.15) is 132 Å². The number of nitrogens with one attached hydrogen (secondary N) is 3. The van der Waals surface area contributed by atoms with E-state index in [-0.39, 0.29) is 35.1 Å². The van der Waals surface area contributed by atoms with Gasteiger partial charge in [0.05, 0.1) is 17.9 Å². The van der Waals surface area contributed by atoms with Crippen molar-refractivity contribution in [1.29, 1.82) is 0 Å². The molecule has 0 radical (unpaired) electrons. The second-order valence-corrected chi connectivity index (χ2v) is 12.6. The Hall–Kier alpha value is -2.38. The summed E-state index contributed by atoms with van der Waals surface area (Å²) in [6.07, 6.45) is 11.9. The summed E-state index contributed by atoms with van der Waals surface area (Å²) in [4.78, 5) is 48.6. The zero-order valence-corrected chi connectivity index (χ0v) is 26.8. The molecule has 0 aromatic heterocycles. The van der Waals surface area contributed by atoms with Crippen molar-refractivity contribution in [1.82, 2.24) is 16.0 Å². The van der Waals surface area contributed by atoms with Gasteiger partial charge in [0.25, 0.3) is 5.91 Å². The Morgan fingerprint density at radius 1 is 0.925 bits per heavy atom. The first kappa shape index (κ1) is 37.6.